The molecule has 0 unspecified atom stereocenters. The number of furan rings is 1. The summed E-state index contributed by atoms with van der Waals surface area (Å²) in [6, 6.07) is 3.19. The van der Waals surface area contributed by atoms with Crippen LogP contribution in [0.25, 0.3) is 0 Å². The van der Waals surface area contributed by atoms with Crippen LogP contribution in [0.1, 0.15) is 62.3 Å². The Morgan fingerprint density at radius 2 is 2.41 bits per heavy atom. The predicted octanol–water partition coefficient (Wildman–Crippen LogP) is 3.85. The first-order valence-electron chi connectivity index (χ1n) is 8.98. The van der Waals surface area contributed by atoms with Gasteiger partial charge in [-0.1, -0.05) is 25.8 Å². The Balaban J connectivity index is 1.70. The summed E-state index contributed by atoms with van der Waals surface area (Å²) in [5.41, 5.74) is 1.83. The van der Waals surface area contributed by atoms with Crippen molar-refractivity contribution in [3.8, 4) is 0 Å². The summed E-state index contributed by atoms with van der Waals surface area (Å²) in [4.78, 5) is 2.69. The maximum atomic E-state index is 6.00. The second-order valence-corrected chi connectivity index (χ2v) is 7.35. The molecular formula is C19H28N2O. The highest BCUT2D eigenvalue weighted by Crippen LogP contribution is 2.65. The number of fused-ring (bicyclic) bond motifs is 3. The highest BCUT2D eigenvalue weighted by molar-refractivity contribution is 5.40. The van der Waals surface area contributed by atoms with Gasteiger partial charge in [0, 0.05) is 18.0 Å². The molecule has 3 aliphatic rings. The van der Waals surface area contributed by atoms with Crippen LogP contribution in [0, 0.1) is 5.41 Å². The molecule has 3 heteroatoms. The van der Waals surface area contributed by atoms with Crippen LogP contribution in [-0.2, 0) is 0 Å². The van der Waals surface area contributed by atoms with Crippen molar-refractivity contribution < 1.29 is 4.42 Å². The van der Waals surface area contributed by atoms with Crippen LogP contribution >= 0.6 is 0 Å². The highest BCUT2D eigenvalue weighted by atomic mass is 16.3. The number of piperidine rings is 1. The maximum absolute atomic E-state index is 6.00. The summed E-state index contributed by atoms with van der Waals surface area (Å²) in [7, 11) is 0. The molecule has 0 aromatic carbocycles. The van der Waals surface area contributed by atoms with E-state index in [1.165, 1.54) is 50.0 Å². The quantitative estimate of drug-likeness (QED) is 0.661. The van der Waals surface area contributed by atoms with Gasteiger partial charge in [-0.3, -0.25) is 4.90 Å². The summed E-state index contributed by atoms with van der Waals surface area (Å²) in [6.45, 7) is 9.84. The third kappa shape index (κ3) is 1.88. The molecule has 0 saturated carbocycles. The van der Waals surface area contributed by atoms with Crippen molar-refractivity contribution in [3.63, 3.8) is 0 Å². The lowest BCUT2D eigenvalue weighted by Gasteiger charge is -2.40. The molecule has 1 spiro atoms. The van der Waals surface area contributed by atoms with E-state index in [0.29, 0.717) is 23.4 Å². The van der Waals surface area contributed by atoms with E-state index >= 15 is 0 Å². The number of hydrogen-bond donors (Lipinski definition) is 1. The Hall–Kier alpha value is -1.06. The molecule has 2 fully saturated rings. The molecular weight excluding hydrogens is 272 g/mol. The van der Waals surface area contributed by atoms with Crippen LogP contribution in [-0.4, -0.2) is 30.6 Å². The van der Waals surface area contributed by atoms with E-state index in [2.05, 4.69) is 35.9 Å². The van der Waals surface area contributed by atoms with E-state index in [0.717, 1.165) is 13.1 Å². The molecule has 3 heterocycles. The van der Waals surface area contributed by atoms with Gasteiger partial charge in [-0.05, 0) is 49.9 Å². The van der Waals surface area contributed by atoms with Gasteiger partial charge < -0.3 is 9.73 Å². The number of unbranched alkanes of at least 4 members (excludes halogenated alkanes) is 2. The van der Waals surface area contributed by atoms with Crippen molar-refractivity contribution in [1.29, 1.82) is 0 Å². The number of likely N-dealkylation sites (tertiary alicyclic amines) is 1. The van der Waals surface area contributed by atoms with E-state index in [-0.39, 0.29) is 0 Å². The summed E-state index contributed by atoms with van der Waals surface area (Å²) >= 11 is 0. The van der Waals surface area contributed by atoms with Gasteiger partial charge in [0.1, 0.15) is 5.76 Å². The third-order valence-corrected chi connectivity index (χ3v) is 6.29. The monoisotopic (exact) mass is 300 g/mol. The molecule has 2 saturated heterocycles. The zero-order chi connectivity index (χ0) is 15.2. The van der Waals surface area contributed by atoms with Crippen molar-refractivity contribution in [2.45, 2.75) is 57.0 Å². The molecule has 4 atom stereocenters. The standard InChI is InChI=1S/C19H28N2O/c1-3-5-6-10-21-14(4-2)12-19-13-20-9-7-16(19)15-8-11-22-17(15)18(19)21/h4,8,11,14,16,18,20H,2-3,5-7,9-10,12-13H2,1H3/t14-,16-,18-,19-/m0/s1. The second-order valence-electron chi connectivity index (χ2n) is 7.35. The minimum absolute atomic E-state index is 0.332. The molecule has 1 aliphatic carbocycles. The van der Waals surface area contributed by atoms with E-state index in [4.69, 9.17) is 4.42 Å². The van der Waals surface area contributed by atoms with Crippen molar-refractivity contribution in [1.82, 2.24) is 10.2 Å². The van der Waals surface area contributed by atoms with Gasteiger partial charge in [-0.15, -0.1) is 6.58 Å². The highest BCUT2D eigenvalue weighted by Gasteiger charge is 2.62. The minimum atomic E-state index is 0.332. The van der Waals surface area contributed by atoms with E-state index in [1.807, 2.05) is 6.26 Å². The lowest BCUT2D eigenvalue weighted by molar-refractivity contribution is 0.102. The Morgan fingerprint density at radius 1 is 1.50 bits per heavy atom. The molecule has 1 aromatic rings. The molecule has 4 rings (SSSR count). The first-order chi connectivity index (χ1) is 10.8. The van der Waals surface area contributed by atoms with Crippen LogP contribution in [0.3, 0.4) is 0 Å². The minimum Gasteiger partial charge on any atom is -0.467 e. The summed E-state index contributed by atoms with van der Waals surface area (Å²) in [5.74, 6) is 1.93. The molecule has 2 aliphatic heterocycles. The van der Waals surface area contributed by atoms with Crippen LogP contribution in [0.4, 0.5) is 0 Å². The summed E-state index contributed by atoms with van der Waals surface area (Å²) < 4.78 is 6.00. The molecule has 1 aromatic heterocycles. The van der Waals surface area contributed by atoms with Gasteiger partial charge in [0.05, 0.1) is 12.3 Å². The molecule has 0 amide bonds. The van der Waals surface area contributed by atoms with Crippen molar-refractivity contribution >= 4 is 0 Å². The van der Waals surface area contributed by atoms with Gasteiger partial charge >= 0.3 is 0 Å². The van der Waals surface area contributed by atoms with Crippen LogP contribution in [0.2, 0.25) is 0 Å². The average Bonchev–Trinajstić information content (AvgIpc) is 3.16. The molecule has 120 valence electrons. The maximum Gasteiger partial charge on any atom is 0.125 e. The first kappa shape index (κ1) is 14.5. The van der Waals surface area contributed by atoms with Gasteiger partial charge in [-0.25, -0.2) is 0 Å². The second kappa shape index (κ2) is 5.54. The van der Waals surface area contributed by atoms with Gasteiger partial charge in [0.15, 0.2) is 0 Å². The zero-order valence-electron chi connectivity index (χ0n) is 13.7. The van der Waals surface area contributed by atoms with E-state index in [1.54, 1.807) is 0 Å². The number of rotatable bonds is 5. The Morgan fingerprint density at radius 3 is 3.23 bits per heavy atom. The summed E-state index contributed by atoms with van der Waals surface area (Å²) in [6.07, 6.45) is 10.4. The van der Waals surface area contributed by atoms with E-state index in [9.17, 15) is 0 Å². The number of nitrogens with one attached hydrogen (secondary N) is 1. The Kier molecular flexibility index (Phi) is 3.66. The normalized spacial score (nSPS) is 36.9. The topological polar surface area (TPSA) is 28.4 Å². The van der Waals surface area contributed by atoms with Crippen LogP contribution in [0.15, 0.2) is 29.4 Å². The fourth-order valence-corrected chi connectivity index (χ4v) is 5.40. The zero-order valence-corrected chi connectivity index (χ0v) is 13.7. The molecule has 1 N–H and O–H groups in total. The lowest BCUT2D eigenvalue weighted by atomic mass is 9.69. The lowest BCUT2D eigenvalue weighted by Crippen LogP contribution is -2.45. The van der Waals surface area contributed by atoms with Crippen molar-refractivity contribution in [2.24, 2.45) is 5.41 Å². The van der Waals surface area contributed by atoms with Crippen LogP contribution in [0.5, 0.6) is 0 Å². The Labute approximate surface area is 133 Å². The SMILES string of the molecule is C=C[C@H]1C[C@]23CNCC[C@H]2c2ccoc2[C@@H]3N1CCCCC. The predicted molar refractivity (Wildman–Crippen MR) is 88.9 cm³/mol. The molecule has 3 nitrogen and oxygen atoms in total. The van der Waals surface area contributed by atoms with Crippen molar-refractivity contribution in [3.05, 3.63) is 36.3 Å². The first-order valence-corrected chi connectivity index (χ1v) is 8.98. The summed E-state index contributed by atoms with van der Waals surface area (Å²) in [5, 5.41) is 3.67. The fraction of sp³-hybridized carbons (Fsp3) is 0.684. The average molecular weight is 300 g/mol. The van der Waals surface area contributed by atoms with Crippen molar-refractivity contribution in [2.75, 3.05) is 19.6 Å². The van der Waals surface area contributed by atoms with Gasteiger partial charge in [0.2, 0.25) is 0 Å². The van der Waals surface area contributed by atoms with E-state index < -0.39 is 0 Å². The van der Waals surface area contributed by atoms with Gasteiger partial charge in [-0.2, -0.15) is 0 Å². The molecule has 0 radical (unpaired) electrons. The largest absolute Gasteiger partial charge is 0.467 e. The fourth-order valence-electron chi connectivity index (χ4n) is 5.40. The van der Waals surface area contributed by atoms with Crippen LogP contribution < -0.4 is 5.32 Å². The number of nitrogens with zero attached hydrogens (tertiary/aromatic N) is 1. The smallest absolute Gasteiger partial charge is 0.125 e. The third-order valence-electron chi connectivity index (χ3n) is 6.29. The Bertz CT molecular complexity index is 551. The molecule has 22 heavy (non-hydrogen) atoms. The molecule has 0 bridgehead atoms. The number of hydrogen-bond acceptors (Lipinski definition) is 3. The van der Waals surface area contributed by atoms with Gasteiger partial charge in [0.25, 0.3) is 0 Å².